The monoisotopic (exact) mass is 188 g/mol. The van der Waals surface area contributed by atoms with E-state index in [1.807, 2.05) is 20.8 Å². The smallest absolute Gasteiger partial charge is 0.246 e. The molecule has 0 aromatic carbocycles. The number of nitrogens with one attached hydrogen (secondary N) is 1. The Labute approximate surface area is 79.8 Å². The predicted octanol–water partition coefficient (Wildman–Crippen LogP) is 0.265. The van der Waals surface area contributed by atoms with E-state index in [4.69, 9.17) is 10.5 Å². The fourth-order valence-corrected chi connectivity index (χ4v) is 0.683. The van der Waals surface area contributed by atoms with Crippen molar-refractivity contribution in [3.8, 4) is 0 Å². The molecule has 1 unspecified atom stereocenters. The lowest BCUT2D eigenvalue weighted by atomic mass is 10.2. The van der Waals surface area contributed by atoms with Gasteiger partial charge in [-0.25, -0.2) is 0 Å². The molecule has 78 valence electrons. The van der Waals surface area contributed by atoms with Crippen LogP contribution in [0.5, 0.6) is 0 Å². The average molecular weight is 188 g/mol. The first kappa shape index (κ1) is 12.4. The van der Waals surface area contributed by atoms with Crippen LogP contribution >= 0.6 is 0 Å². The van der Waals surface area contributed by atoms with Crippen molar-refractivity contribution in [2.24, 2.45) is 5.73 Å². The van der Waals surface area contributed by atoms with Crippen LogP contribution in [0.4, 0.5) is 0 Å². The summed E-state index contributed by atoms with van der Waals surface area (Å²) in [7, 11) is 0. The molecular weight excluding hydrogens is 168 g/mol. The van der Waals surface area contributed by atoms with Crippen LogP contribution in [-0.4, -0.2) is 31.2 Å². The van der Waals surface area contributed by atoms with Gasteiger partial charge in [0.15, 0.2) is 0 Å². The fourth-order valence-electron chi connectivity index (χ4n) is 0.683. The quantitative estimate of drug-likeness (QED) is 0.628. The normalized spacial score (nSPS) is 13.0. The zero-order chi connectivity index (χ0) is 10.3. The second-order valence-electron chi connectivity index (χ2n) is 3.33. The summed E-state index contributed by atoms with van der Waals surface area (Å²) in [5, 5.41) is 2.70. The summed E-state index contributed by atoms with van der Waals surface area (Å²) in [6, 6.07) is 0.0444. The van der Waals surface area contributed by atoms with Crippen LogP contribution in [-0.2, 0) is 9.53 Å². The molecule has 1 amide bonds. The van der Waals surface area contributed by atoms with E-state index in [-0.39, 0.29) is 24.7 Å². The molecule has 0 saturated carbocycles. The highest BCUT2D eigenvalue weighted by Gasteiger charge is 2.04. The van der Waals surface area contributed by atoms with Gasteiger partial charge in [-0.15, -0.1) is 0 Å². The molecule has 0 aromatic rings. The highest BCUT2D eigenvalue weighted by molar-refractivity contribution is 5.77. The number of rotatable bonds is 6. The summed E-state index contributed by atoms with van der Waals surface area (Å²) in [6.07, 6.45) is 0.955. The van der Waals surface area contributed by atoms with Gasteiger partial charge in [0, 0.05) is 12.6 Å². The number of nitrogens with two attached hydrogens (primary N) is 1. The summed E-state index contributed by atoms with van der Waals surface area (Å²) < 4.78 is 5.12. The molecule has 4 nitrogen and oxygen atoms in total. The molecular formula is C9H20N2O2. The Bertz CT molecular complexity index is 149. The third-order valence-corrected chi connectivity index (χ3v) is 1.63. The van der Waals surface area contributed by atoms with Crippen molar-refractivity contribution >= 4 is 5.91 Å². The maximum absolute atomic E-state index is 11.1. The van der Waals surface area contributed by atoms with Crippen molar-refractivity contribution < 1.29 is 9.53 Å². The fraction of sp³-hybridized carbons (Fsp3) is 0.889. The van der Waals surface area contributed by atoms with Crippen LogP contribution in [0.2, 0.25) is 0 Å². The Morgan fingerprint density at radius 3 is 2.62 bits per heavy atom. The van der Waals surface area contributed by atoms with Gasteiger partial charge in [-0.3, -0.25) is 4.79 Å². The van der Waals surface area contributed by atoms with Crippen molar-refractivity contribution in [3.05, 3.63) is 0 Å². The molecule has 0 spiro atoms. The molecule has 0 heterocycles. The third-order valence-electron chi connectivity index (χ3n) is 1.63. The predicted molar refractivity (Wildman–Crippen MR) is 52.4 cm³/mol. The maximum atomic E-state index is 11.1. The van der Waals surface area contributed by atoms with Crippen molar-refractivity contribution in [1.82, 2.24) is 5.32 Å². The van der Waals surface area contributed by atoms with Crippen LogP contribution in [0.25, 0.3) is 0 Å². The molecule has 3 N–H and O–H groups in total. The molecule has 0 saturated heterocycles. The van der Waals surface area contributed by atoms with Crippen LogP contribution in [0, 0.1) is 0 Å². The van der Waals surface area contributed by atoms with E-state index in [1.165, 1.54) is 0 Å². The standard InChI is InChI=1S/C9H20N2O2/c1-4-8(10)5-11-9(12)6-13-7(2)3/h7-8H,4-6,10H2,1-3H3,(H,11,12). The van der Waals surface area contributed by atoms with Crippen LogP contribution < -0.4 is 11.1 Å². The highest BCUT2D eigenvalue weighted by Crippen LogP contribution is 1.87. The number of ether oxygens (including phenoxy) is 1. The number of carbonyl (C=O) groups excluding carboxylic acids is 1. The van der Waals surface area contributed by atoms with Gasteiger partial charge >= 0.3 is 0 Å². The molecule has 0 aliphatic carbocycles. The molecule has 1 atom stereocenters. The molecule has 4 heteroatoms. The molecule has 0 rings (SSSR count). The average Bonchev–Trinajstić information content (AvgIpc) is 2.10. The maximum Gasteiger partial charge on any atom is 0.246 e. The second-order valence-corrected chi connectivity index (χ2v) is 3.33. The minimum atomic E-state index is -0.0994. The minimum Gasteiger partial charge on any atom is -0.369 e. The van der Waals surface area contributed by atoms with Gasteiger partial charge in [0.2, 0.25) is 5.91 Å². The van der Waals surface area contributed by atoms with Crippen LogP contribution in [0.1, 0.15) is 27.2 Å². The first-order valence-electron chi connectivity index (χ1n) is 4.70. The number of hydrogen-bond acceptors (Lipinski definition) is 3. The molecule has 0 fully saturated rings. The van der Waals surface area contributed by atoms with Crippen molar-refractivity contribution in [2.45, 2.75) is 39.3 Å². The molecule has 0 aromatic heterocycles. The molecule has 0 aliphatic heterocycles. The Morgan fingerprint density at radius 2 is 2.15 bits per heavy atom. The topological polar surface area (TPSA) is 64.3 Å². The highest BCUT2D eigenvalue weighted by atomic mass is 16.5. The van der Waals surface area contributed by atoms with E-state index in [0.717, 1.165) is 6.42 Å². The van der Waals surface area contributed by atoms with Crippen LogP contribution in [0.15, 0.2) is 0 Å². The van der Waals surface area contributed by atoms with Gasteiger partial charge < -0.3 is 15.8 Å². The largest absolute Gasteiger partial charge is 0.369 e. The van der Waals surface area contributed by atoms with Gasteiger partial charge in [0.1, 0.15) is 6.61 Å². The summed E-state index contributed by atoms with van der Waals surface area (Å²) >= 11 is 0. The lowest BCUT2D eigenvalue weighted by Crippen LogP contribution is -2.38. The zero-order valence-electron chi connectivity index (χ0n) is 8.67. The lowest BCUT2D eigenvalue weighted by molar-refractivity contribution is -0.127. The van der Waals surface area contributed by atoms with E-state index >= 15 is 0 Å². The Morgan fingerprint density at radius 1 is 1.54 bits per heavy atom. The summed E-state index contributed by atoms with van der Waals surface area (Å²) in [5.74, 6) is -0.0994. The van der Waals surface area contributed by atoms with E-state index in [0.29, 0.717) is 6.54 Å². The third kappa shape index (κ3) is 7.74. The van der Waals surface area contributed by atoms with Gasteiger partial charge in [-0.05, 0) is 20.3 Å². The molecule has 0 aliphatic rings. The molecule has 0 bridgehead atoms. The van der Waals surface area contributed by atoms with Crippen LogP contribution in [0.3, 0.4) is 0 Å². The van der Waals surface area contributed by atoms with Gasteiger partial charge in [0.05, 0.1) is 6.10 Å². The molecule has 0 radical (unpaired) electrons. The summed E-state index contributed by atoms with van der Waals surface area (Å²) in [6.45, 7) is 6.42. The van der Waals surface area contributed by atoms with Crippen molar-refractivity contribution in [3.63, 3.8) is 0 Å². The lowest BCUT2D eigenvalue weighted by Gasteiger charge is -2.11. The first-order valence-corrected chi connectivity index (χ1v) is 4.70. The minimum absolute atomic E-state index is 0.0444. The van der Waals surface area contributed by atoms with Gasteiger partial charge in [0.25, 0.3) is 0 Å². The molecule has 13 heavy (non-hydrogen) atoms. The van der Waals surface area contributed by atoms with Gasteiger partial charge in [-0.1, -0.05) is 6.92 Å². The summed E-state index contributed by atoms with van der Waals surface area (Å²) in [4.78, 5) is 11.1. The number of amides is 1. The van der Waals surface area contributed by atoms with E-state index in [9.17, 15) is 4.79 Å². The second kappa shape index (κ2) is 6.86. The van der Waals surface area contributed by atoms with Gasteiger partial charge in [-0.2, -0.15) is 0 Å². The Balaban J connectivity index is 3.40. The Hall–Kier alpha value is -0.610. The SMILES string of the molecule is CCC(N)CNC(=O)COC(C)C. The summed E-state index contributed by atoms with van der Waals surface area (Å²) in [5.41, 5.74) is 5.62. The van der Waals surface area contributed by atoms with Crippen molar-refractivity contribution in [2.75, 3.05) is 13.2 Å². The number of carbonyl (C=O) groups is 1. The zero-order valence-corrected chi connectivity index (χ0v) is 8.67. The van der Waals surface area contributed by atoms with E-state index in [2.05, 4.69) is 5.32 Å². The Kier molecular flexibility index (Phi) is 6.54. The van der Waals surface area contributed by atoms with Crippen molar-refractivity contribution in [1.29, 1.82) is 0 Å². The first-order chi connectivity index (χ1) is 6.06. The van der Waals surface area contributed by atoms with E-state index in [1.54, 1.807) is 0 Å². The van der Waals surface area contributed by atoms with E-state index < -0.39 is 0 Å². The number of hydrogen-bond donors (Lipinski definition) is 2.